The van der Waals surface area contributed by atoms with Gasteiger partial charge < -0.3 is 15.4 Å². The summed E-state index contributed by atoms with van der Waals surface area (Å²) < 4.78 is 18.6. The molecule has 0 fully saturated rings. The van der Waals surface area contributed by atoms with Crippen molar-refractivity contribution in [1.82, 2.24) is 4.98 Å². The van der Waals surface area contributed by atoms with Crippen LogP contribution in [0.25, 0.3) is 0 Å². The summed E-state index contributed by atoms with van der Waals surface area (Å²) in [7, 11) is 1.65. The van der Waals surface area contributed by atoms with Crippen LogP contribution >= 0.6 is 0 Å². The molecule has 3 rings (SSSR count). The third kappa shape index (κ3) is 5.04. The minimum Gasteiger partial charge on any atom is -0.496 e. The monoisotopic (exact) mass is 365 g/mol. The van der Waals surface area contributed by atoms with E-state index in [9.17, 15) is 9.18 Å². The molecule has 5 nitrogen and oxygen atoms in total. The second-order valence-corrected chi connectivity index (χ2v) is 5.88. The first-order chi connectivity index (χ1) is 13.2. The van der Waals surface area contributed by atoms with Gasteiger partial charge in [0, 0.05) is 24.1 Å². The molecule has 2 N–H and O–H groups in total. The lowest BCUT2D eigenvalue weighted by molar-refractivity contribution is 0.102. The van der Waals surface area contributed by atoms with Crippen molar-refractivity contribution in [3.8, 4) is 5.75 Å². The fraction of sp³-hybridized carbons (Fsp3) is 0.143. The molecule has 0 unspecified atom stereocenters. The largest absolute Gasteiger partial charge is 0.496 e. The molecule has 0 aliphatic heterocycles. The number of para-hydroxylation sites is 1. The number of pyridine rings is 1. The van der Waals surface area contributed by atoms with E-state index in [2.05, 4.69) is 15.6 Å². The molecule has 0 atom stereocenters. The van der Waals surface area contributed by atoms with Gasteiger partial charge in [0.2, 0.25) is 0 Å². The van der Waals surface area contributed by atoms with Gasteiger partial charge in [-0.25, -0.2) is 4.39 Å². The molecule has 27 heavy (non-hydrogen) atoms. The Morgan fingerprint density at radius 2 is 1.93 bits per heavy atom. The van der Waals surface area contributed by atoms with Gasteiger partial charge in [0.25, 0.3) is 5.91 Å². The molecule has 0 radical (unpaired) electrons. The fourth-order valence-electron chi connectivity index (χ4n) is 2.68. The van der Waals surface area contributed by atoms with Crippen LogP contribution in [0.1, 0.15) is 16.1 Å². The maximum atomic E-state index is 13.2. The highest BCUT2D eigenvalue weighted by Gasteiger charge is 2.09. The zero-order chi connectivity index (χ0) is 19.1. The van der Waals surface area contributed by atoms with Crippen LogP contribution in [0, 0.1) is 5.82 Å². The third-order valence-corrected chi connectivity index (χ3v) is 3.99. The van der Waals surface area contributed by atoms with E-state index in [4.69, 9.17) is 4.74 Å². The zero-order valence-electron chi connectivity index (χ0n) is 14.9. The Morgan fingerprint density at radius 1 is 1.07 bits per heavy atom. The Bertz CT molecular complexity index is 931. The van der Waals surface area contributed by atoms with E-state index in [-0.39, 0.29) is 5.69 Å². The van der Waals surface area contributed by atoms with Crippen LogP contribution in [0.2, 0.25) is 0 Å². The molecule has 3 aromatic rings. The van der Waals surface area contributed by atoms with Crippen LogP contribution in [0.4, 0.5) is 15.8 Å². The molecule has 1 aromatic heterocycles. The molecule has 6 heteroatoms. The maximum absolute atomic E-state index is 13.2. The lowest BCUT2D eigenvalue weighted by Crippen LogP contribution is -2.14. The average molecular weight is 365 g/mol. The average Bonchev–Trinajstić information content (AvgIpc) is 2.68. The van der Waals surface area contributed by atoms with E-state index >= 15 is 0 Å². The number of aromatic nitrogens is 1. The van der Waals surface area contributed by atoms with E-state index in [1.807, 2.05) is 24.3 Å². The number of rotatable bonds is 7. The summed E-state index contributed by atoms with van der Waals surface area (Å²) in [5.41, 5.74) is 2.52. The second-order valence-electron chi connectivity index (χ2n) is 5.88. The molecule has 0 saturated carbocycles. The summed E-state index contributed by atoms with van der Waals surface area (Å²) >= 11 is 0. The number of hydrogen-bond acceptors (Lipinski definition) is 4. The third-order valence-electron chi connectivity index (χ3n) is 3.99. The number of amides is 1. The van der Waals surface area contributed by atoms with E-state index in [0.29, 0.717) is 12.2 Å². The van der Waals surface area contributed by atoms with E-state index in [1.165, 1.54) is 18.2 Å². The number of ether oxygens (including phenoxy) is 1. The lowest BCUT2D eigenvalue weighted by Gasteiger charge is -2.10. The molecular weight excluding hydrogens is 345 g/mol. The lowest BCUT2D eigenvalue weighted by atomic mass is 10.1. The topological polar surface area (TPSA) is 63.2 Å². The molecule has 0 spiro atoms. The summed E-state index contributed by atoms with van der Waals surface area (Å²) in [6, 6.07) is 17.0. The van der Waals surface area contributed by atoms with Crippen molar-refractivity contribution >= 4 is 17.3 Å². The smallest absolute Gasteiger partial charge is 0.274 e. The molecule has 0 bridgehead atoms. The molecule has 138 valence electrons. The van der Waals surface area contributed by atoms with E-state index in [1.54, 1.807) is 31.5 Å². The van der Waals surface area contributed by atoms with Gasteiger partial charge in [-0.1, -0.05) is 24.3 Å². The van der Waals surface area contributed by atoms with Crippen LogP contribution in [0.15, 0.2) is 66.9 Å². The van der Waals surface area contributed by atoms with E-state index in [0.717, 1.165) is 23.4 Å². The highest BCUT2D eigenvalue weighted by atomic mass is 19.1. The van der Waals surface area contributed by atoms with Gasteiger partial charge in [0.05, 0.1) is 7.11 Å². The molecule has 1 amide bonds. The minimum absolute atomic E-state index is 0.251. The Hall–Kier alpha value is -3.41. The highest BCUT2D eigenvalue weighted by molar-refractivity contribution is 6.03. The van der Waals surface area contributed by atoms with Crippen LogP contribution in [-0.2, 0) is 6.42 Å². The molecule has 2 aromatic carbocycles. The number of benzene rings is 2. The molecule has 1 heterocycles. The summed E-state index contributed by atoms with van der Waals surface area (Å²) in [6.45, 7) is 0.676. The van der Waals surface area contributed by atoms with Crippen LogP contribution in [0.5, 0.6) is 5.75 Å². The van der Waals surface area contributed by atoms with Crippen LogP contribution in [0.3, 0.4) is 0 Å². The van der Waals surface area contributed by atoms with Crippen molar-refractivity contribution in [3.63, 3.8) is 0 Å². The van der Waals surface area contributed by atoms with E-state index < -0.39 is 11.7 Å². The standard InChI is InChI=1S/C21H20FN3O2/c1-27-20-8-3-2-5-15(20)9-11-23-17-10-12-24-19(14-17)21(26)25-18-7-4-6-16(22)13-18/h2-8,10,12-14H,9,11H2,1H3,(H,23,24)(H,25,26). The first-order valence-electron chi connectivity index (χ1n) is 8.54. The van der Waals surface area contributed by atoms with Crippen molar-refractivity contribution in [2.24, 2.45) is 0 Å². The normalized spacial score (nSPS) is 10.3. The van der Waals surface area contributed by atoms with Crippen molar-refractivity contribution in [3.05, 3.63) is 83.9 Å². The van der Waals surface area contributed by atoms with Crippen molar-refractivity contribution < 1.29 is 13.9 Å². The number of nitrogens with zero attached hydrogens (tertiary/aromatic N) is 1. The van der Waals surface area contributed by atoms with Gasteiger partial charge in [-0.3, -0.25) is 9.78 Å². The first-order valence-corrected chi connectivity index (χ1v) is 8.54. The zero-order valence-corrected chi connectivity index (χ0v) is 14.9. The van der Waals surface area contributed by atoms with Crippen LogP contribution in [-0.4, -0.2) is 24.5 Å². The van der Waals surface area contributed by atoms with Gasteiger partial charge in [-0.15, -0.1) is 0 Å². The number of methoxy groups -OCH3 is 1. The van der Waals surface area contributed by atoms with Gasteiger partial charge in [-0.2, -0.15) is 0 Å². The second kappa shape index (κ2) is 8.80. The SMILES string of the molecule is COc1ccccc1CCNc1ccnc(C(=O)Nc2cccc(F)c2)c1. The predicted molar refractivity (Wildman–Crippen MR) is 104 cm³/mol. The van der Waals surface area contributed by atoms with Gasteiger partial charge in [0.15, 0.2) is 0 Å². The molecule has 0 aliphatic carbocycles. The molecular formula is C21H20FN3O2. The summed E-state index contributed by atoms with van der Waals surface area (Å²) in [6.07, 6.45) is 2.34. The number of anilines is 2. The molecule has 0 aliphatic rings. The number of carbonyl (C=O) groups is 1. The Balaban J connectivity index is 1.60. The summed E-state index contributed by atoms with van der Waals surface area (Å²) in [5, 5.41) is 5.91. The first kappa shape index (κ1) is 18.4. The number of hydrogen-bond donors (Lipinski definition) is 2. The van der Waals surface area contributed by atoms with Crippen LogP contribution < -0.4 is 15.4 Å². The van der Waals surface area contributed by atoms with Gasteiger partial charge >= 0.3 is 0 Å². The fourth-order valence-corrected chi connectivity index (χ4v) is 2.68. The number of carbonyl (C=O) groups excluding carboxylic acids is 1. The quantitative estimate of drug-likeness (QED) is 0.661. The Labute approximate surface area is 157 Å². The number of nitrogens with one attached hydrogen (secondary N) is 2. The Morgan fingerprint density at radius 3 is 2.74 bits per heavy atom. The summed E-state index contributed by atoms with van der Waals surface area (Å²) in [4.78, 5) is 16.4. The van der Waals surface area contributed by atoms with Crippen molar-refractivity contribution in [1.29, 1.82) is 0 Å². The predicted octanol–water partition coefficient (Wildman–Crippen LogP) is 4.14. The Kier molecular flexibility index (Phi) is 5.99. The van der Waals surface area contributed by atoms with Crippen molar-refractivity contribution in [2.45, 2.75) is 6.42 Å². The molecule has 0 saturated heterocycles. The van der Waals surface area contributed by atoms with Gasteiger partial charge in [-0.05, 0) is 48.4 Å². The highest BCUT2D eigenvalue weighted by Crippen LogP contribution is 2.18. The summed E-state index contributed by atoms with van der Waals surface area (Å²) in [5.74, 6) is 0.0469. The van der Waals surface area contributed by atoms with Gasteiger partial charge in [0.1, 0.15) is 17.3 Å². The van der Waals surface area contributed by atoms with Crippen molar-refractivity contribution in [2.75, 3.05) is 24.3 Å². The minimum atomic E-state index is -0.410. The number of halogens is 1. The maximum Gasteiger partial charge on any atom is 0.274 e.